The number of nitrogens with one attached hydrogen (secondary N) is 1. The van der Waals surface area contributed by atoms with E-state index >= 15 is 0 Å². The highest BCUT2D eigenvalue weighted by Gasteiger charge is 2.08. The molecule has 0 saturated heterocycles. The SMILES string of the molecule is COC(=O)c1cc(NCc2nc(C)c(C)o2)ccn1. The van der Waals surface area contributed by atoms with Crippen LogP contribution in [0.1, 0.15) is 27.8 Å². The fourth-order valence-electron chi connectivity index (χ4n) is 1.55. The molecule has 0 spiro atoms. The number of anilines is 1. The van der Waals surface area contributed by atoms with Gasteiger partial charge >= 0.3 is 5.97 Å². The predicted octanol–water partition coefficient (Wildman–Crippen LogP) is 2.09. The number of oxazole rings is 1. The van der Waals surface area contributed by atoms with Crippen LogP contribution in [-0.2, 0) is 11.3 Å². The number of nitrogens with zero attached hydrogens (tertiary/aromatic N) is 2. The van der Waals surface area contributed by atoms with Crippen molar-refractivity contribution in [2.45, 2.75) is 20.4 Å². The van der Waals surface area contributed by atoms with Crippen LogP contribution in [0, 0.1) is 13.8 Å². The standard InChI is InChI=1S/C13H15N3O3/c1-8-9(2)19-12(16-8)7-15-10-4-5-14-11(6-10)13(17)18-3/h4-6H,7H2,1-3H3,(H,14,15). The van der Waals surface area contributed by atoms with Crippen LogP contribution < -0.4 is 5.32 Å². The second-order valence-electron chi connectivity index (χ2n) is 4.02. The first-order valence-electron chi connectivity index (χ1n) is 5.81. The van der Waals surface area contributed by atoms with Crippen LogP contribution in [-0.4, -0.2) is 23.0 Å². The molecule has 2 aromatic heterocycles. The van der Waals surface area contributed by atoms with Gasteiger partial charge in [-0.05, 0) is 26.0 Å². The summed E-state index contributed by atoms with van der Waals surface area (Å²) >= 11 is 0. The molecule has 1 N–H and O–H groups in total. The van der Waals surface area contributed by atoms with Crippen molar-refractivity contribution in [2.75, 3.05) is 12.4 Å². The number of methoxy groups -OCH3 is 1. The van der Waals surface area contributed by atoms with E-state index in [4.69, 9.17) is 4.42 Å². The lowest BCUT2D eigenvalue weighted by Gasteiger charge is -2.05. The third kappa shape index (κ3) is 3.09. The van der Waals surface area contributed by atoms with Crippen molar-refractivity contribution in [2.24, 2.45) is 0 Å². The van der Waals surface area contributed by atoms with Crippen molar-refractivity contribution >= 4 is 11.7 Å². The molecule has 6 heteroatoms. The summed E-state index contributed by atoms with van der Waals surface area (Å²) in [4.78, 5) is 19.5. The Morgan fingerprint density at radius 2 is 2.26 bits per heavy atom. The highest BCUT2D eigenvalue weighted by atomic mass is 16.5. The first-order chi connectivity index (χ1) is 9.10. The summed E-state index contributed by atoms with van der Waals surface area (Å²) in [5.74, 6) is 0.944. The van der Waals surface area contributed by atoms with E-state index in [0.717, 1.165) is 17.1 Å². The number of hydrogen-bond donors (Lipinski definition) is 1. The van der Waals surface area contributed by atoms with Crippen LogP contribution in [0.2, 0.25) is 0 Å². The second-order valence-corrected chi connectivity index (χ2v) is 4.02. The van der Waals surface area contributed by atoms with Crippen molar-refractivity contribution < 1.29 is 13.9 Å². The lowest BCUT2D eigenvalue weighted by atomic mass is 10.3. The van der Waals surface area contributed by atoms with Gasteiger partial charge in [0.25, 0.3) is 0 Å². The van der Waals surface area contributed by atoms with Crippen molar-refractivity contribution in [3.05, 3.63) is 41.4 Å². The number of esters is 1. The van der Waals surface area contributed by atoms with Crippen LogP contribution in [0.3, 0.4) is 0 Å². The molecule has 100 valence electrons. The number of rotatable bonds is 4. The number of pyridine rings is 1. The van der Waals surface area contributed by atoms with Crippen LogP contribution in [0.5, 0.6) is 0 Å². The Morgan fingerprint density at radius 1 is 1.47 bits per heavy atom. The molecule has 2 aromatic rings. The van der Waals surface area contributed by atoms with Gasteiger partial charge in [-0.1, -0.05) is 0 Å². The lowest BCUT2D eigenvalue weighted by molar-refractivity contribution is 0.0594. The normalized spacial score (nSPS) is 10.3. The van der Waals surface area contributed by atoms with E-state index in [2.05, 4.69) is 20.0 Å². The molecule has 0 radical (unpaired) electrons. The minimum atomic E-state index is -0.466. The van der Waals surface area contributed by atoms with Gasteiger partial charge in [0.2, 0.25) is 5.89 Å². The Balaban J connectivity index is 2.05. The molecule has 2 rings (SSSR count). The third-order valence-corrected chi connectivity index (χ3v) is 2.67. The van der Waals surface area contributed by atoms with Gasteiger partial charge in [-0.3, -0.25) is 0 Å². The lowest BCUT2D eigenvalue weighted by Crippen LogP contribution is -2.06. The van der Waals surface area contributed by atoms with Crippen molar-refractivity contribution in [3.63, 3.8) is 0 Å². The maximum Gasteiger partial charge on any atom is 0.356 e. The maximum absolute atomic E-state index is 11.3. The summed E-state index contributed by atoms with van der Waals surface area (Å²) in [5, 5.41) is 3.12. The average Bonchev–Trinajstić information content (AvgIpc) is 2.75. The van der Waals surface area contributed by atoms with E-state index in [0.29, 0.717) is 12.4 Å². The summed E-state index contributed by atoms with van der Waals surface area (Å²) in [7, 11) is 1.32. The molecule has 2 heterocycles. The number of aryl methyl sites for hydroxylation is 2. The topological polar surface area (TPSA) is 77.2 Å². The zero-order valence-electron chi connectivity index (χ0n) is 11.1. The molecule has 0 unspecified atom stereocenters. The molecule has 0 aliphatic carbocycles. The van der Waals surface area contributed by atoms with Crippen LogP contribution in [0.4, 0.5) is 5.69 Å². The first kappa shape index (κ1) is 13.1. The van der Waals surface area contributed by atoms with E-state index in [1.165, 1.54) is 7.11 Å². The number of hydrogen-bond acceptors (Lipinski definition) is 6. The maximum atomic E-state index is 11.3. The Morgan fingerprint density at radius 3 is 2.89 bits per heavy atom. The number of carbonyl (C=O) groups excluding carboxylic acids is 1. The molecule has 0 amide bonds. The van der Waals surface area contributed by atoms with Gasteiger partial charge in [0.1, 0.15) is 11.5 Å². The fraction of sp³-hybridized carbons (Fsp3) is 0.308. The zero-order valence-corrected chi connectivity index (χ0v) is 11.1. The van der Waals surface area contributed by atoms with Crippen LogP contribution in [0.15, 0.2) is 22.7 Å². The van der Waals surface area contributed by atoms with Gasteiger partial charge in [-0.15, -0.1) is 0 Å². The van der Waals surface area contributed by atoms with Gasteiger partial charge in [0, 0.05) is 11.9 Å². The Bertz CT molecular complexity index is 573. The monoisotopic (exact) mass is 261 g/mol. The molecule has 0 saturated carbocycles. The van der Waals surface area contributed by atoms with Crippen molar-refractivity contribution in [3.8, 4) is 0 Å². The van der Waals surface area contributed by atoms with Gasteiger partial charge in [-0.2, -0.15) is 0 Å². The van der Waals surface area contributed by atoms with Crippen molar-refractivity contribution in [1.82, 2.24) is 9.97 Å². The predicted molar refractivity (Wildman–Crippen MR) is 68.9 cm³/mol. The van der Waals surface area contributed by atoms with Crippen molar-refractivity contribution in [1.29, 1.82) is 0 Å². The largest absolute Gasteiger partial charge is 0.464 e. The number of carbonyl (C=O) groups is 1. The fourth-order valence-corrected chi connectivity index (χ4v) is 1.55. The van der Waals surface area contributed by atoms with Gasteiger partial charge in [0.15, 0.2) is 0 Å². The number of ether oxygens (including phenoxy) is 1. The van der Waals surface area contributed by atoms with E-state index in [1.54, 1.807) is 18.3 Å². The summed E-state index contributed by atoms with van der Waals surface area (Å²) in [6.45, 7) is 4.21. The van der Waals surface area contributed by atoms with E-state index < -0.39 is 5.97 Å². The van der Waals surface area contributed by atoms with E-state index in [1.807, 2.05) is 13.8 Å². The minimum Gasteiger partial charge on any atom is -0.464 e. The Hall–Kier alpha value is -2.37. The molecule has 19 heavy (non-hydrogen) atoms. The smallest absolute Gasteiger partial charge is 0.356 e. The average molecular weight is 261 g/mol. The summed E-state index contributed by atoms with van der Waals surface area (Å²) < 4.78 is 10.1. The van der Waals surface area contributed by atoms with E-state index in [9.17, 15) is 4.79 Å². The molecular formula is C13H15N3O3. The molecule has 0 fully saturated rings. The summed E-state index contributed by atoms with van der Waals surface area (Å²) in [5.41, 5.74) is 1.89. The first-order valence-corrected chi connectivity index (χ1v) is 5.81. The highest BCUT2D eigenvalue weighted by Crippen LogP contribution is 2.12. The van der Waals surface area contributed by atoms with Crippen LogP contribution in [0.25, 0.3) is 0 Å². The molecule has 0 aliphatic heterocycles. The van der Waals surface area contributed by atoms with Gasteiger partial charge in [-0.25, -0.2) is 14.8 Å². The quantitative estimate of drug-likeness (QED) is 0.849. The minimum absolute atomic E-state index is 0.257. The summed E-state index contributed by atoms with van der Waals surface area (Å²) in [6.07, 6.45) is 1.54. The third-order valence-electron chi connectivity index (χ3n) is 2.67. The Kier molecular flexibility index (Phi) is 3.79. The van der Waals surface area contributed by atoms with Gasteiger partial charge in [0.05, 0.1) is 19.3 Å². The molecule has 0 aromatic carbocycles. The Labute approximate surface area is 110 Å². The molecule has 0 bridgehead atoms. The second kappa shape index (κ2) is 5.51. The molecule has 6 nitrogen and oxygen atoms in total. The van der Waals surface area contributed by atoms with Gasteiger partial charge < -0.3 is 14.5 Å². The molecular weight excluding hydrogens is 246 g/mol. The highest BCUT2D eigenvalue weighted by molar-refractivity contribution is 5.88. The van der Waals surface area contributed by atoms with E-state index in [-0.39, 0.29) is 5.69 Å². The zero-order chi connectivity index (χ0) is 13.8. The molecule has 0 aliphatic rings. The van der Waals surface area contributed by atoms with Crippen LogP contribution >= 0.6 is 0 Å². The summed E-state index contributed by atoms with van der Waals surface area (Å²) in [6, 6.07) is 3.38. The number of aromatic nitrogens is 2. The molecule has 0 atom stereocenters.